The molecule has 4 aromatic carbocycles. The van der Waals surface area contributed by atoms with E-state index >= 15 is 0 Å². The van der Waals surface area contributed by atoms with Gasteiger partial charge in [0.1, 0.15) is 33.4 Å². The van der Waals surface area contributed by atoms with Crippen LogP contribution >= 0.6 is 0 Å². The maximum atomic E-state index is 13.8. The van der Waals surface area contributed by atoms with Gasteiger partial charge < -0.3 is 35.8 Å². The minimum atomic E-state index is -3.81. The van der Waals surface area contributed by atoms with Gasteiger partial charge in [-0.15, -0.1) is 0 Å². The number of carbonyl (C=O) groups excluding carboxylic acids is 4. The number of rotatable bonds is 14. The molecule has 0 saturated carbocycles. The average Bonchev–Trinajstić information content (AvgIpc) is 3.61. The third-order valence-electron chi connectivity index (χ3n) is 8.46. The molecule has 13 nitrogen and oxygen atoms in total. The molecule has 5 N–H and O–H groups in total. The molecular weight excluding hydrogens is 676 g/mol. The molecule has 4 amide bonds. The van der Waals surface area contributed by atoms with Gasteiger partial charge in [-0.05, 0) is 60.5 Å². The lowest BCUT2D eigenvalue weighted by atomic mass is 9.99. The number of fused-ring (bicyclic) bond motifs is 1. The highest BCUT2D eigenvalue weighted by molar-refractivity contribution is 7.90. The molecule has 1 aliphatic heterocycles. The molecule has 51 heavy (non-hydrogen) atoms. The number of aliphatic hydroxyl groups is 1. The summed E-state index contributed by atoms with van der Waals surface area (Å²) in [5, 5.41) is 30.4. The van der Waals surface area contributed by atoms with E-state index < -0.39 is 70.1 Å². The van der Waals surface area contributed by atoms with E-state index in [1.165, 1.54) is 29.2 Å². The normalized spacial score (nSPS) is 16.1. The van der Waals surface area contributed by atoms with Gasteiger partial charge in [-0.2, -0.15) is 0 Å². The third kappa shape index (κ3) is 10.0. The quantitative estimate of drug-likeness (QED) is 0.122. The largest absolute Gasteiger partial charge is 0.508 e. The maximum absolute atomic E-state index is 13.8. The Bertz CT molecular complexity index is 1970. The summed E-state index contributed by atoms with van der Waals surface area (Å²) in [5.41, 5.74) is 1.07. The van der Waals surface area contributed by atoms with Crippen molar-refractivity contribution in [2.75, 3.05) is 30.5 Å². The Morgan fingerprint density at radius 2 is 1.59 bits per heavy atom. The molecule has 0 radical (unpaired) electrons. The van der Waals surface area contributed by atoms with Crippen molar-refractivity contribution < 1.29 is 42.5 Å². The molecule has 268 valence electrons. The number of phenolic OH excluding ortho intramolecular Hbond substituents is 1. The van der Waals surface area contributed by atoms with Gasteiger partial charge in [-0.3, -0.25) is 19.2 Å². The Morgan fingerprint density at radius 1 is 0.902 bits per heavy atom. The second-order valence-electron chi connectivity index (χ2n) is 12.5. The number of ether oxygens (including phenoxy) is 1. The number of hydrogen-bond acceptors (Lipinski definition) is 9. The van der Waals surface area contributed by atoms with Crippen LogP contribution in [0.25, 0.3) is 10.8 Å². The SMILES string of the molecule is CS(=O)(=O)C[C@H](NC(=O)COc1cccc2ccccc12)C(=O)N[C@@H](Cc1ccccc1)[C@H](O)C(=O)N1CCC[C@H]1C(=O)Nc1ccc(O)cc1. The van der Waals surface area contributed by atoms with E-state index in [4.69, 9.17) is 4.74 Å². The van der Waals surface area contributed by atoms with Crippen molar-refractivity contribution >= 4 is 49.9 Å². The average molecular weight is 717 g/mol. The first-order valence-corrected chi connectivity index (χ1v) is 18.4. The molecule has 1 aliphatic rings. The van der Waals surface area contributed by atoms with Gasteiger partial charge in [-0.25, -0.2) is 8.42 Å². The van der Waals surface area contributed by atoms with Gasteiger partial charge in [0, 0.05) is 23.9 Å². The fourth-order valence-electron chi connectivity index (χ4n) is 5.99. The highest BCUT2D eigenvalue weighted by Crippen LogP contribution is 2.25. The summed E-state index contributed by atoms with van der Waals surface area (Å²) in [4.78, 5) is 55.0. The summed E-state index contributed by atoms with van der Waals surface area (Å²) in [6, 6.07) is 23.6. The molecule has 14 heteroatoms. The van der Waals surface area contributed by atoms with E-state index in [2.05, 4.69) is 16.0 Å². The lowest BCUT2D eigenvalue weighted by molar-refractivity contribution is -0.146. The van der Waals surface area contributed by atoms with Crippen molar-refractivity contribution in [1.82, 2.24) is 15.5 Å². The standard InChI is InChI=1S/C37H40N4O9S/c1-51(48,49)23-30(39-33(43)22-50-32-15-7-12-25-11-5-6-13-28(25)32)35(45)40-29(21-24-9-3-2-4-10-24)34(44)37(47)41-20-8-14-31(41)36(46)38-26-16-18-27(42)19-17-26/h2-7,9-13,15-19,29-31,34,42,44H,8,14,20-23H2,1H3,(H,38,46)(H,39,43)(H,40,45)/t29-,30-,31-,34-/m0/s1. The number of sulfone groups is 1. The molecule has 1 fully saturated rings. The molecule has 0 spiro atoms. The Hall–Kier alpha value is -5.47. The Kier molecular flexibility index (Phi) is 11.9. The summed E-state index contributed by atoms with van der Waals surface area (Å²) in [5.74, 6) is -3.29. The number of hydrogen-bond donors (Lipinski definition) is 5. The molecule has 0 aliphatic carbocycles. The van der Waals surface area contributed by atoms with Gasteiger partial charge in [0.2, 0.25) is 11.8 Å². The number of likely N-dealkylation sites (tertiary alicyclic amines) is 1. The summed E-state index contributed by atoms with van der Waals surface area (Å²) in [7, 11) is -3.81. The fraction of sp³-hybridized carbons (Fsp3) is 0.297. The van der Waals surface area contributed by atoms with E-state index in [1.54, 1.807) is 42.5 Å². The molecule has 5 rings (SSSR count). The van der Waals surface area contributed by atoms with Crippen LogP contribution in [0, 0.1) is 0 Å². The van der Waals surface area contributed by atoms with E-state index in [-0.39, 0.29) is 18.7 Å². The van der Waals surface area contributed by atoms with Crippen molar-refractivity contribution in [3.63, 3.8) is 0 Å². The van der Waals surface area contributed by atoms with Crippen LogP contribution in [0.5, 0.6) is 11.5 Å². The van der Waals surface area contributed by atoms with Crippen molar-refractivity contribution in [3.05, 3.63) is 103 Å². The van der Waals surface area contributed by atoms with Gasteiger partial charge in [0.05, 0.1) is 11.8 Å². The molecule has 4 aromatic rings. The van der Waals surface area contributed by atoms with Crippen LogP contribution < -0.4 is 20.7 Å². The monoisotopic (exact) mass is 716 g/mol. The third-order valence-corrected chi connectivity index (χ3v) is 9.40. The smallest absolute Gasteiger partial charge is 0.258 e. The zero-order valence-corrected chi connectivity index (χ0v) is 28.7. The first kappa shape index (κ1) is 36.8. The molecule has 1 heterocycles. The zero-order chi connectivity index (χ0) is 36.5. The summed E-state index contributed by atoms with van der Waals surface area (Å²) < 4.78 is 30.5. The number of amides is 4. The molecule has 0 aromatic heterocycles. The second kappa shape index (κ2) is 16.5. The lowest BCUT2D eigenvalue weighted by Gasteiger charge is -2.31. The highest BCUT2D eigenvalue weighted by Gasteiger charge is 2.40. The van der Waals surface area contributed by atoms with Crippen molar-refractivity contribution in [2.45, 2.75) is 43.5 Å². The van der Waals surface area contributed by atoms with Crippen molar-refractivity contribution in [1.29, 1.82) is 0 Å². The number of benzene rings is 4. The topological polar surface area (TPSA) is 191 Å². The first-order chi connectivity index (χ1) is 24.4. The molecule has 0 unspecified atom stereocenters. The number of phenols is 1. The summed E-state index contributed by atoms with van der Waals surface area (Å²) >= 11 is 0. The van der Waals surface area contributed by atoms with Crippen molar-refractivity contribution in [2.24, 2.45) is 0 Å². The zero-order valence-electron chi connectivity index (χ0n) is 27.9. The minimum absolute atomic E-state index is 0.0212. The van der Waals surface area contributed by atoms with Crippen LogP contribution in [-0.2, 0) is 35.4 Å². The lowest BCUT2D eigenvalue weighted by Crippen LogP contribution is -2.59. The van der Waals surface area contributed by atoms with Crippen LogP contribution in [0.3, 0.4) is 0 Å². The van der Waals surface area contributed by atoms with Crippen LogP contribution in [0.15, 0.2) is 97.1 Å². The maximum Gasteiger partial charge on any atom is 0.258 e. The van der Waals surface area contributed by atoms with Gasteiger partial charge in [0.25, 0.3) is 11.8 Å². The number of aromatic hydroxyl groups is 1. The van der Waals surface area contributed by atoms with Gasteiger partial charge in [-0.1, -0.05) is 66.7 Å². The van der Waals surface area contributed by atoms with E-state index in [0.29, 0.717) is 29.8 Å². The fourth-order valence-corrected chi connectivity index (χ4v) is 6.84. The van der Waals surface area contributed by atoms with Crippen LogP contribution in [0.4, 0.5) is 5.69 Å². The number of nitrogens with one attached hydrogen (secondary N) is 3. The Morgan fingerprint density at radius 3 is 2.31 bits per heavy atom. The predicted octanol–water partition coefficient (Wildman–Crippen LogP) is 2.17. The number of nitrogens with zero attached hydrogens (tertiary/aromatic N) is 1. The van der Waals surface area contributed by atoms with E-state index in [1.807, 2.05) is 30.3 Å². The second-order valence-corrected chi connectivity index (χ2v) is 14.6. The Labute approximate surface area is 295 Å². The van der Waals surface area contributed by atoms with Crippen molar-refractivity contribution in [3.8, 4) is 11.5 Å². The number of carbonyl (C=O) groups is 4. The van der Waals surface area contributed by atoms with Crippen LogP contribution in [-0.4, -0.2) is 96.5 Å². The first-order valence-electron chi connectivity index (χ1n) is 16.4. The Balaban J connectivity index is 1.31. The number of aliphatic hydroxyl groups excluding tert-OH is 1. The van der Waals surface area contributed by atoms with Crippen LogP contribution in [0.1, 0.15) is 18.4 Å². The molecule has 4 atom stereocenters. The van der Waals surface area contributed by atoms with Crippen LogP contribution in [0.2, 0.25) is 0 Å². The molecular formula is C37H40N4O9S. The number of anilines is 1. The summed E-state index contributed by atoms with van der Waals surface area (Å²) in [6.45, 7) is -0.336. The van der Waals surface area contributed by atoms with E-state index in [9.17, 15) is 37.8 Å². The summed E-state index contributed by atoms with van der Waals surface area (Å²) in [6.07, 6.45) is -0.114. The van der Waals surface area contributed by atoms with E-state index in [0.717, 1.165) is 17.0 Å². The predicted molar refractivity (Wildman–Crippen MR) is 191 cm³/mol. The highest BCUT2D eigenvalue weighted by atomic mass is 32.2. The molecule has 0 bridgehead atoms. The van der Waals surface area contributed by atoms with Gasteiger partial charge in [0.15, 0.2) is 12.7 Å². The minimum Gasteiger partial charge on any atom is -0.508 e. The molecule has 1 saturated heterocycles. The van der Waals surface area contributed by atoms with Gasteiger partial charge >= 0.3 is 0 Å².